The van der Waals surface area contributed by atoms with E-state index in [0.29, 0.717) is 26.1 Å². The molecule has 0 bridgehead atoms. The highest BCUT2D eigenvalue weighted by Crippen LogP contribution is 2.13. The van der Waals surface area contributed by atoms with Crippen LogP contribution in [-0.4, -0.2) is 25.3 Å². The maximum absolute atomic E-state index is 11.5. The van der Waals surface area contributed by atoms with Gasteiger partial charge < -0.3 is 9.47 Å². The maximum Gasteiger partial charge on any atom is 0.306 e. The summed E-state index contributed by atoms with van der Waals surface area (Å²) >= 11 is 3.40. The van der Waals surface area contributed by atoms with Crippen molar-refractivity contribution in [2.24, 2.45) is 0 Å². The van der Waals surface area contributed by atoms with Crippen LogP contribution >= 0.6 is 15.9 Å². The molecule has 0 aliphatic carbocycles. The van der Waals surface area contributed by atoms with Gasteiger partial charge in [-0.25, -0.2) is 0 Å². The molecule has 1 rings (SSSR count). The van der Waals surface area contributed by atoms with E-state index in [1.165, 1.54) is 0 Å². The first-order valence-electron chi connectivity index (χ1n) is 6.09. The van der Waals surface area contributed by atoms with E-state index in [9.17, 15) is 4.79 Å². The van der Waals surface area contributed by atoms with E-state index < -0.39 is 0 Å². The van der Waals surface area contributed by atoms with Crippen molar-refractivity contribution in [2.45, 2.75) is 32.8 Å². The first-order chi connectivity index (χ1) is 8.58. The zero-order valence-electron chi connectivity index (χ0n) is 10.8. The fourth-order valence-corrected chi connectivity index (χ4v) is 1.90. The van der Waals surface area contributed by atoms with E-state index >= 15 is 0 Å². The van der Waals surface area contributed by atoms with Gasteiger partial charge in [-0.15, -0.1) is 0 Å². The number of hydrogen-bond acceptors (Lipinski definition) is 3. The Bertz CT molecular complexity index is 377. The summed E-state index contributed by atoms with van der Waals surface area (Å²) in [4.78, 5) is 11.5. The summed E-state index contributed by atoms with van der Waals surface area (Å²) in [5.74, 6) is -0.178. The highest BCUT2D eigenvalue weighted by Gasteiger charge is 2.04. The van der Waals surface area contributed by atoms with Crippen molar-refractivity contribution in [3.05, 3.63) is 34.3 Å². The van der Waals surface area contributed by atoms with Gasteiger partial charge in [-0.2, -0.15) is 0 Å². The SMILES string of the molecule is CC(C)OCCOC(=O)CCc1cccc(Br)c1. The number of halogens is 1. The van der Waals surface area contributed by atoms with Crippen LogP contribution in [0.5, 0.6) is 0 Å². The third-order valence-corrected chi connectivity index (χ3v) is 2.80. The number of carbonyl (C=O) groups excluding carboxylic acids is 1. The van der Waals surface area contributed by atoms with Crippen LogP contribution in [0.3, 0.4) is 0 Å². The van der Waals surface area contributed by atoms with Gasteiger partial charge in [-0.1, -0.05) is 28.1 Å². The molecular weight excluding hydrogens is 296 g/mol. The summed E-state index contributed by atoms with van der Waals surface area (Å²) in [5.41, 5.74) is 1.12. The molecule has 4 heteroatoms. The monoisotopic (exact) mass is 314 g/mol. The first kappa shape index (κ1) is 15.2. The van der Waals surface area contributed by atoms with Crippen molar-refractivity contribution in [2.75, 3.05) is 13.2 Å². The normalized spacial score (nSPS) is 10.7. The summed E-state index contributed by atoms with van der Waals surface area (Å²) in [6.45, 7) is 4.69. The number of esters is 1. The zero-order chi connectivity index (χ0) is 13.4. The summed E-state index contributed by atoms with van der Waals surface area (Å²) in [7, 11) is 0. The van der Waals surface area contributed by atoms with Gasteiger partial charge in [0, 0.05) is 10.9 Å². The average molecular weight is 315 g/mol. The van der Waals surface area contributed by atoms with Gasteiger partial charge in [0.25, 0.3) is 0 Å². The Hall–Kier alpha value is -0.870. The van der Waals surface area contributed by atoms with Crippen LogP contribution in [0.4, 0.5) is 0 Å². The van der Waals surface area contributed by atoms with E-state index in [1.54, 1.807) is 0 Å². The molecule has 100 valence electrons. The molecule has 0 aliphatic rings. The van der Waals surface area contributed by atoms with Crippen LogP contribution in [0.1, 0.15) is 25.8 Å². The molecular formula is C14H19BrO3. The fourth-order valence-electron chi connectivity index (χ4n) is 1.45. The minimum atomic E-state index is -0.178. The molecule has 0 aliphatic heterocycles. The molecule has 0 N–H and O–H groups in total. The highest BCUT2D eigenvalue weighted by molar-refractivity contribution is 9.10. The second-order valence-electron chi connectivity index (χ2n) is 4.27. The van der Waals surface area contributed by atoms with Gasteiger partial charge in [0.1, 0.15) is 6.61 Å². The van der Waals surface area contributed by atoms with Crippen molar-refractivity contribution in [1.29, 1.82) is 0 Å². The molecule has 0 amide bonds. The predicted octanol–water partition coefficient (Wildman–Crippen LogP) is 3.35. The fraction of sp³-hybridized carbons (Fsp3) is 0.500. The van der Waals surface area contributed by atoms with Crippen molar-refractivity contribution in [3.63, 3.8) is 0 Å². The minimum absolute atomic E-state index is 0.172. The Labute approximate surface area is 117 Å². The number of benzene rings is 1. The Morgan fingerprint density at radius 2 is 2.11 bits per heavy atom. The standard InChI is InChI=1S/C14H19BrO3/c1-11(2)17-8-9-18-14(16)7-6-12-4-3-5-13(15)10-12/h3-5,10-11H,6-9H2,1-2H3. The van der Waals surface area contributed by atoms with Crippen molar-refractivity contribution < 1.29 is 14.3 Å². The highest BCUT2D eigenvalue weighted by atomic mass is 79.9. The second kappa shape index (κ2) is 8.27. The van der Waals surface area contributed by atoms with Crippen LogP contribution in [0.25, 0.3) is 0 Å². The average Bonchev–Trinajstić information content (AvgIpc) is 2.32. The molecule has 0 radical (unpaired) electrons. The summed E-state index contributed by atoms with van der Waals surface area (Å²) in [5, 5.41) is 0. The second-order valence-corrected chi connectivity index (χ2v) is 5.19. The van der Waals surface area contributed by atoms with Gasteiger partial charge in [0.15, 0.2) is 0 Å². The molecule has 1 aromatic carbocycles. The van der Waals surface area contributed by atoms with Gasteiger partial charge in [0.2, 0.25) is 0 Å². The topological polar surface area (TPSA) is 35.5 Å². The molecule has 0 unspecified atom stereocenters. The van der Waals surface area contributed by atoms with Crippen LogP contribution in [0.15, 0.2) is 28.7 Å². The quantitative estimate of drug-likeness (QED) is 0.572. The van der Waals surface area contributed by atoms with E-state index in [4.69, 9.17) is 9.47 Å². The Kier molecular flexibility index (Phi) is 6.98. The lowest BCUT2D eigenvalue weighted by molar-refractivity contribution is -0.145. The third-order valence-electron chi connectivity index (χ3n) is 2.30. The zero-order valence-corrected chi connectivity index (χ0v) is 12.4. The van der Waals surface area contributed by atoms with Gasteiger partial charge in [0.05, 0.1) is 12.7 Å². The number of ether oxygens (including phenoxy) is 2. The third kappa shape index (κ3) is 6.77. The Morgan fingerprint density at radius 3 is 2.78 bits per heavy atom. The van der Waals surface area contributed by atoms with Crippen LogP contribution < -0.4 is 0 Å². The van der Waals surface area contributed by atoms with Gasteiger partial charge >= 0.3 is 5.97 Å². The molecule has 0 spiro atoms. The number of hydrogen-bond donors (Lipinski definition) is 0. The van der Waals surface area contributed by atoms with Crippen LogP contribution in [-0.2, 0) is 20.7 Å². The molecule has 18 heavy (non-hydrogen) atoms. The van der Waals surface area contributed by atoms with Crippen molar-refractivity contribution >= 4 is 21.9 Å². The molecule has 0 saturated heterocycles. The molecule has 0 fully saturated rings. The number of aryl methyl sites for hydroxylation is 1. The van der Waals surface area contributed by atoms with Crippen LogP contribution in [0.2, 0.25) is 0 Å². The lowest BCUT2D eigenvalue weighted by atomic mass is 10.1. The van der Waals surface area contributed by atoms with E-state index in [-0.39, 0.29) is 12.1 Å². The molecule has 0 atom stereocenters. The van der Waals surface area contributed by atoms with Crippen molar-refractivity contribution in [1.82, 2.24) is 0 Å². The largest absolute Gasteiger partial charge is 0.463 e. The van der Waals surface area contributed by atoms with E-state index in [2.05, 4.69) is 15.9 Å². The van der Waals surface area contributed by atoms with E-state index in [1.807, 2.05) is 38.1 Å². The minimum Gasteiger partial charge on any atom is -0.463 e. The molecule has 1 aromatic rings. The number of carbonyl (C=O) groups is 1. The first-order valence-corrected chi connectivity index (χ1v) is 6.89. The Balaban J connectivity index is 2.17. The van der Waals surface area contributed by atoms with Gasteiger partial charge in [-0.3, -0.25) is 4.79 Å². The summed E-state index contributed by atoms with van der Waals surface area (Å²) in [6, 6.07) is 7.93. The van der Waals surface area contributed by atoms with E-state index in [0.717, 1.165) is 10.0 Å². The predicted molar refractivity (Wildman–Crippen MR) is 74.5 cm³/mol. The molecule has 0 saturated carbocycles. The van der Waals surface area contributed by atoms with Gasteiger partial charge in [-0.05, 0) is 38.0 Å². The van der Waals surface area contributed by atoms with Crippen molar-refractivity contribution in [3.8, 4) is 0 Å². The maximum atomic E-state index is 11.5. The molecule has 0 heterocycles. The Morgan fingerprint density at radius 1 is 1.33 bits per heavy atom. The molecule has 3 nitrogen and oxygen atoms in total. The lowest BCUT2D eigenvalue weighted by Crippen LogP contribution is -2.13. The number of rotatable bonds is 7. The van der Waals surface area contributed by atoms with Crippen LogP contribution in [0, 0.1) is 0 Å². The summed E-state index contributed by atoms with van der Waals surface area (Å²) < 4.78 is 11.4. The molecule has 0 aromatic heterocycles. The smallest absolute Gasteiger partial charge is 0.306 e. The lowest BCUT2D eigenvalue weighted by Gasteiger charge is -2.08. The summed E-state index contributed by atoms with van der Waals surface area (Å²) in [6.07, 6.45) is 1.27.